The number of nitrogens with two attached hydrogens (primary N) is 1. The molecule has 0 aliphatic carbocycles. The van der Waals surface area contributed by atoms with E-state index in [1.54, 1.807) is 45.2 Å². The van der Waals surface area contributed by atoms with Gasteiger partial charge in [0, 0.05) is 50.5 Å². The molecule has 2 fully saturated rings. The highest BCUT2D eigenvalue weighted by molar-refractivity contribution is 8.77. The van der Waals surface area contributed by atoms with Crippen LogP contribution in [-0.4, -0.2) is 144 Å². The van der Waals surface area contributed by atoms with Gasteiger partial charge in [0.05, 0.1) is 25.3 Å². The molecule has 22 heteroatoms. The third-order valence-electron chi connectivity index (χ3n) is 11.8. The number of methoxy groups -OCH3 is 2. The van der Waals surface area contributed by atoms with E-state index >= 15 is 0 Å². The van der Waals surface area contributed by atoms with E-state index in [9.17, 15) is 39.0 Å². The molecule has 3 aliphatic rings. The Labute approximate surface area is 392 Å². The van der Waals surface area contributed by atoms with Crippen LogP contribution >= 0.6 is 33.2 Å². The number of aliphatic carboxylic acids is 1. The molecule has 19 nitrogen and oxygen atoms in total. The van der Waals surface area contributed by atoms with Crippen LogP contribution in [0.15, 0.2) is 35.9 Å². The summed E-state index contributed by atoms with van der Waals surface area (Å²) in [6, 6.07) is 1.23. The van der Waals surface area contributed by atoms with Crippen LogP contribution in [0.2, 0.25) is 5.02 Å². The van der Waals surface area contributed by atoms with Crippen molar-refractivity contribution in [3.05, 3.63) is 46.5 Å². The molecule has 3 aliphatic heterocycles. The van der Waals surface area contributed by atoms with Crippen molar-refractivity contribution in [3.63, 3.8) is 0 Å². The van der Waals surface area contributed by atoms with E-state index in [0.29, 0.717) is 24.3 Å². The van der Waals surface area contributed by atoms with Crippen LogP contribution in [0.1, 0.15) is 72.8 Å². The van der Waals surface area contributed by atoms with Gasteiger partial charge >= 0.3 is 18.0 Å². The molecular weight excluding hydrogens is 910 g/mol. The van der Waals surface area contributed by atoms with Crippen molar-refractivity contribution in [3.8, 4) is 5.75 Å². The van der Waals surface area contributed by atoms with E-state index < -0.39 is 94.9 Å². The van der Waals surface area contributed by atoms with Crippen LogP contribution in [0.4, 0.5) is 10.5 Å². The van der Waals surface area contributed by atoms with Crippen molar-refractivity contribution in [2.75, 3.05) is 45.6 Å². The lowest BCUT2D eigenvalue weighted by molar-refractivity contribution is -0.162. The normalized spacial score (nSPS) is 26.9. The summed E-state index contributed by atoms with van der Waals surface area (Å²) in [5, 5.41) is 26.4. The number of fused-ring (bicyclic) bond motifs is 5. The number of alkyl carbamates (subject to hydrolysis) is 1. The highest BCUT2D eigenvalue weighted by Crippen LogP contribution is 2.49. The predicted molar refractivity (Wildman–Crippen MR) is 244 cm³/mol. The fourth-order valence-electron chi connectivity index (χ4n) is 7.59. The van der Waals surface area contributed by atoms with Gasteiger partial charge in [0.2, 0.25) is 17.7 Å². The van der Waals surface area contributed by atoms with Crippen LogP contribution in [0.5, 0.6) is 5.75 Å². The van der Waals surface area contributed by atoms with Gasteiger partial charge in [-0.1, -0.05) is 63.9 Å². The molecule has 362 valence electrons. The summed E-state index contributed by atoms with van der Waals surface area (Å²) >= 11 is 6.79. The molecule has 0 spiro atoms. The first kappa shape index (κ1) is 53.5. The summed E-state index contributed by atoms with van der Waals surface area (Å²) in [6.07, 6.45) is 0.804. The Kier molecular flexibility index (Phi) is 18.6. The van der Waals surface area contributed by atoms with Crippen molar-refractivity contribution in [2.45, 2.75) is 126 Å². The zero-order valence-corrected chi connectivity index (χ0v) is 40.7. The molecule has 4 rings (SSSR count). The maximum absolute atomic E-state index is 14.3. The van der Waals surface area contributed by atoms with Gasteiger partial charge in [0.15, 0.2) is 5.72 Å². The largest absolute Gasteiger partial charge is 0.495 e. The molecule has 4 bridgehead atoms. The molecule has 9 atom stereocenters. The molecule has 0 radical (unpaired) electrons. The average Bonchev–Trinajstić information content (AvgIpc) is 3.94. The second-order valence-corrected chi connectivity index (χ2v) is 20.7. The van der Waals surface area contributed by atoms with Gasteiger partial charge < -0.3 is 49.0 Å². The summed E-state index contributed by atoms with van der Waals surface area (Å²) in [5.74, 6) is 1.10. The van der Waals surface area contributed by atoms with Gasteiger partial charge in [0.25, 0.3) is 0 Å². The van der Waals surface area contributed by atoms with Gasteiger partial charge in [-0.2, -0.15) is 0 Å². The number of carbonyl (C=O) groups is 6. The van der Waals surface area contributed by atoms with E-state index in [1.165, 1.54) is 59.6 Å². The summed E-state index contributed by atoms with van der Waals surface area (Å²) in [5.41, 5.74) is -1.15. The molecule has 0 aromatic heterocycles. The number of hydrogen-bond donors (Lipinski definition) is 5. The van der Waals surface area contributed by atoms with Crippen LogP contribution < -0.4 is 26.2 Å². The molecule has 1 aromatic carbocycles. The quantitative estimate of drug-likeness (QED) is 0.0681. The second kappa shape index (κ2) is 22.6. The lowest BCUT2D eigenvalue weighted by Crippen LogP contribution is -2.63. The van der Waals surface area contributed by atoms with Crippen LogP contribution in [0, 0.1) is 5.92 Å². The number of amides is 4. The first-order valence-electron chi connectivity index (χ1n) is 20.9. The van der Waals surface area contributed by atoms with Crippen molar-refractivity contribution < 1.29 is 67.5 Å². The number of nitrogens with one attached hydrogen (secondary N) is 2. The highest BCUT2D eigenvalue weighted by Gasteiger charge is 2.64. The minimum absolute atomic E-state index is 0.0222. The number of nitrogens with zero attached hydrogens (tertiary/aromatic N) is 2. The number of likely N-dealkylation sites (N-methyl/N-ethyl adjacent to an activating group) is 1. The number of benzene rings is 1. The molecule has 0 saturated carbocycles. The Morgan fingerprint density at radius 3 is 2.54 bits per heavy atom. The van der Waals surface area contributed by atoms with E-state index in [4.69, 9.17) is 41.2 Å². The number of ether oxygens (including phenoxy) is 5. The number of aliphatic hydroxyl groups is 1. The predicted octanol–water partition coefficient (Wildman–Crippen LogP) is 3.91. The third kappa shape index (κ3) is 13.7. The molecule has 65 heavy (non-hydrogen) atoms. The lowest BCUT2D eigenvalue weighted by atomic mass is 9.83. The topological polar surface area (TPSA) is 258 Å². The number of rotatable bonds is 16. The van der Waals surface area contributed by atoms with E-state index in [0.717, 1.165) is 11.1 Å². The monoisotopic (exact) mass is 971 g/mol. The van der Waals surface area contributed by atoms with E-state index in [-0.39, 0.29) is 35.9 Å². The van der Waals surface area contributed by atoms with Crippen molar-refractivity contribution >= 4 is 74.6 Å². The highest BCUT2D eigenvalue weighted by atomic mass is 35.5. The van der Waals surface area contributed by atoms with Crippen LogP contribution in [0.25, 0.3) is 0 Å². The maximum Gasteiger partial charge on any atom is 0.409 e. The Bertz CT molecular complexity index is 2010. The molecule has 4 amide bonds. The van der Waals surface area contributed by atoms with Crippen molar-refractivity contribution in [1.82, 2.24) is 15.5 Å². The Balaban J connectivity index is 1.57. The number of esters is 1. The number of epoxide rings is 1. The molecular formula is C43H62ClN5O14S2. The number of carbonyl (C=O) groups excluding carboxylic acids is 5. The second-order valence-electron chi connectivity index (χ2n) is 17.3. The third-order valence-corrected chi connectivity index (χ3v) is 15.6. The number of carboxylic acid groups (broad SMARTS) is 1. The fraction of sp³-hybridized carbons (Fsp3) is 0.628. The van der Waals surface area contributed by atoms with Crippen molar-refractivity contribution in [2.24, 2.45) is 11.8 Å². The lowest BCUT2D eigenvalue weighted by Gasteiger charge is -2.42. The van der Waals surface area contributed by atoms with Crippen LogP contribution in [0.3, 0.4) is 0 Å². The first-order valence-corrected chi connectivity index (χ1v) is 23.6. The minimum Gasteiger partial charge on any atom is -0.495 e. The van der Waals surface area contributed by atoms with Gasteiger partial charge in [-0.05, 0) is 65.2 Å². The number of carboxylic acids is 1. The number of halogens is 1. The summed E-state index contributed by atoms with van der Waals surface area (Å²) < 4.78 is 28.8. The summed E-state index contributed by atoms with van der Waals surface area (Å²) in [7, 11) is 8.45. The molecule has 9 unspecified atom stereocenters. The summed E-state index contributed by atoms with van der Waals surface area (Å²) in [6.45, 7) is 10.1. The summed E-state index contributed by atoms with van der Waals surface area (Å²) in [4.78, 5) is 85.2. The van der Waals surface area contributed by atoms with Gasteiger partial charge in [-0.15, -0.1) is 0 Å². The average molecular weight is 973 g/mol. The van der Waals surface area contributed by atoms with Gasteiger partial charge in [0.1, 0.15) is 53.4 Å². The zero-order chi connectivity index (χ0) is 48.6. The first-order chi connectivity index (χ1) is 30.4. The standard InChI is InChI=1S/C43H62ClN5O14S2/c1-23-12-11-13-31(59-10)43(57)20-30(61-40(56)47-43)24(2)37-42(6,63-37)32(19-35(52)49(8)28-17-26(16-23)18-29(58-9)36(28)44)62-39(55)25(3)48(7)34(51)14-15-41(4,5)65-64-22-27(38(53)54)46-33(50)21-60-45/h11-13,17-18,24-25,27,30-32,37,57H,14-16,19-22,45H2,1-10H3,(H,46,50)(H,47,56)(H,53,54). The minimum atomic E-state index is -1.87. The molecule has 3 heterocycles. The molecule has 1 aromatic rings. The molecule has 6 N–H and O–H groups in total. The smallest absolute Gasteiger partial charge is 0.409 e. The van der Waals surface area contributed by atoms with Crippen LogP contribution in [-0.2, 0) is 54.2 Å². The zero-order valence-electron chi connectivity index (χ0n) is 38.3. The van der Waals surface area contributed by atoms with Gasteiger partial charge in [-0.3, -0.25) is 24.5 Å². The SMILES string of the molecule is COc1cc2cc(c1Cl)N(C)C(=O)CC(OC(=O)C(C)N(C)C(=O)CCC(C)(C)SSCC(NC(=O)CON)C(=O)O)C1(C)OC1C(C)C1CC(O)(NC(=O)O1)C(OC)C=CC=C(C)C2. The Hall–Kier alpha value is -4.09. The number of anilines is 1. The maximum atomic E-state index is 14.3. The van der Waals surface area contributed by atoms with E-state index in [2.05, 4.69) is 15.5 Å². The van der Waals surface area contributed by atoms with Crippen molar-refractivity contribution in [1.29, 1.82) is 0 Å². The number of hydrogen-bond acceptors (Lipinski definition) is 16. The van der Waals surface area contributed by atoms with Gasteiger partial charge in [-0.25, -0.2) is 20.3 Å². The Morgan fingerprint density at radius 1 is 1.22 bits per heavy atom. The fourth-order valence-corrected chi connectivity index (χ4v) is 10.7. The molecule has 2 saturated heterocycles. The number of allylic oxidation sites excluding steroid dienone is 3. The Morgan fingerprint density at radius 2 is 1.91 bits per heavy atom. The van der Waals surface area contributed by atoms with E-state index in [1.807, 2.05) is 26.8 Å².